The number of alkyl halides is 2. The predicted octanol–water partition coefficient (Wildman–Crippen LogP) is 2.04. The van der Waals surface area contributed by atoms with Crippen LogP contribution in [0.2, 0.25) is 5.15 Å². The van der Waals surface area contributed by atoms with Crippen molar-refractivity contribution in [3.8, 4) is 5.75 Å². The molecule has 0 fully saturated rings. The summed E-state index contributed by atoms with van der Waals surface area (Å²) in [7, 11) is 0. The van der Waals surface area contributed by atoms with E-state index in [0.717, 1.165) is 11.8 Å². The van der Waals surface area contributed by atoms with E-state index < -0.39 is 6.61 Å². The molecule has 0 aromatic carbocycles. The number of anilines is 1. The highest BCUT2D eigenvalue weighted by molar-refractivity contribution is 7.98. The van der Waals surface area contributed by atoms with Gasteiger partial charge in [0.2, 0.25) is 5.95 Å². The van der Waals surface area contributed by atoms with Gasteiger partial charge in [-0.2, -0.15) is 13.8 Å². The Balaban J connectivity index is 3.11. The molecule has 1 rings (SSSR count). The van der Waals surface area contributed by atoms with Gasteiger partial charge in [0.25, 0.3) is 0 Å². The van der Waals surface area contributed by atoms with Gasteiger partial charge in [0, 0.05) is 0 Å². The second kappa shape index (κ2) is 4.61. The monoisotopic (exact) mass is 241 g/mol. The Morgan fingerprint density at radius 2 is 2.14 bits per heavy atom. The third-order valence-electron chi connectivity index (χ3n) is 1.21. The number of rotatable bonds is 3. The molecule has 0 aliphatic rings. The van der Waals surface area contributed by atoms with E-state index in [0.29, 0.717) is 0 Å². The van der Waals surface area contributed by atoms with Crippen molar-refractivity contribution in [2.75, 3.05) is 12.0 Å². The zero-order valence-electron chi connectivity index (χ0n) is 7.00. The summed E-state index contributed by atoms with van der Waals surface area (Å²) in [6.07, 6.45) is 1.64. The smallest absolute Gasteiger partial charge is 0.387 e. The standard InChI is InChI=1S/C6H6ClF2N3OS/c1-14-4-2(13-5(8)9)3(7)11-6(10)12-4/h5H,1H3,(H2,10,11,12). The van der Waals surface area contributed by atoms with Gasteiger partial charge in [0.05, 0.1) is 0 Å². The van der Waals surface area contributed by atoms with Crippen molar-refractivity contribution in [3.05, 3.63) is 5.15 Å². The lowest BCUT2D eigenvalue weighted by atomic mass is 10.6. The average molecular weight is 242 g/mol. The van der Waals surface area contributed by atoms with Crippen LogP contribution >= 0.6 is 23.4 Å². The minimum Gasteiger partial charge on any atom is -0.429 e. The van der Waals surface area contributed by atoms with Crippen molar-refractivity contribution in [1.82, 2.24) is 9.97 Å². The summed E-state index contributed by atoms with van der Waals surface area (Å²) in [4.78, 5) is 7.19. The van der Waals surface area contributed by atoms with Crippen LogP contribution < -0.4 is 10.5 Å². The van der Waals surface area contributed by atoms with E-state index in [1.54, 1.807) is 6.26 Å². The van der Waals surface area contributed by atoms with E-state index in [9.17, 15) is 8.78 Å². The van der Waals surface area contributed by atoms with Crippen LogP contribution in [-0.4, -0.2) is 22.8 Å². The minimum atomic E-state index is -2.97. The van der Waals surface area contributed by atoms with Gasteiger partial charge in [-0.3, -0.25) is 0 Å². The summed E-state index contributed by atoms with van der Waals surface area (Å²) in [5.74, 6) is -0.329. The number of aromatic nitrogens is 2. The summed E-state index contributed by atoms with van der Waals surface area (Å²) in [6, 6.07) is 0. The number of ether oxygens (including phenoxy) is 1. The van der Waals surface area contributed by atoms with Crippen LogP contribution in [0.15, 0.2) is 5.03 Å². The lowest BCUT2D eigenvalue weighted by Gasteiger charge is -2.09. The van der Waals surface area contributed by atoms with Crippen LogP contribution in [0, 0.1) is 0 Å². The summed E-state index contributed by atoms with van der Waals surface area (Å²) in [6.45, 7) is -2.97. The molecule has 14 heavy (non-hydrogen) atoms. The highest BCUT2D eigenvalue weighted by Gasteiger charge is 2.16. The molecular weight excluding hydrogens is 236 g/mol. The van der Waals surface area contributed by atoms with Crippen molar-refractivity contribution in [2.45, 2.75) is 11.6 Å². The molecule has 0 aliphatic heterocycles. The maximum Gasteiger partial charge on any atom is 0.387 e. The molecule has 8 heteroatoms. The molecular formula is C6H6ClF2N3OS. The Bertz CT molecular complexity index is 339. The SMILES string of the molecule is CSc1nc(N)nc(Cl)c1OC(F)F. The fourth-order valence-electron chi connectivity index (χ4n) is 0.746. The van der Waals surface area contributed by atoms with Crippen molar-refractivity contribution < 1.29 is 13.5 Å². The summed E-state index contributed by atoms with van der Waals surface area (Å²) in [5.41, 5.74) is 5.27. The zero-order chi connectivity index (χ0) is 10.7. The first-order valence-corrected chi connectivity index (χ1v) is 4.96. The van der Waals surface area contributed by atoms with Gasteiger partial charge in [-0.25, -0.2) is 4.98 Å². The van der Waals surface area contributed by atoms with Crippen LogP contribution in [-0.2, 0) is 0 Å². The number of nitrogen functional groups attached to an aromatic ring is 1. The molecule has 0 atom stereocenters. The Hall–Kier alpha value is -0.820. The molecule has 1 aromatic rings. The summed E-state index contributed by atoms with van der Waals surface area (Å²) in [5, 5.41) is -0.0371. The number of hydrogen-bond donors (Lipinski definition) is 1. The van der Waals surface area contributed by atoms with Gasteiger partial charge in [0.15, 0.2) is 10.9 Å². The molecule has 4 nitrogen and oxygen atoms in total. The molecule has 0 aliphatic carbocycles. The minimum absolute atomic E-state index is 0.0824. The first-order valence-electron chi connectivity index (χ1n) is 3.36. The second-order valence-electron chi connectivity index (χ2n) is 2.09. The number of nitrogens with two attached hydrogens (primary N) is 1. The quantitative estimate of drug-likeness (QED) is 0.648. The van der Waals surface area contributed by atoms with E-state index in [-0.39, 0.29) is 21.9 Å². The molecule has 1 heterocycles. The normalized spacial score (nSPS) is 10.6. The number of halogens is 3. The number of hydrogen-bond acceptors (Lipinski definition) is 5. The van der Waals surface area contributed by atoms with Crippen LogP contribution in [0.5, 0.6) is 5.75 Å². The molecule has 0 saturated carbocycles. The first kappa shape index (κ1) is 11.3. The van der Waals surface area contributed by atoms with E-state index in [1.807, 2.05) is 0 Å². The maximum absolute atomic E-state index is 11.9. The summed E-state index contributed by atoms with van der Waals surface area (Å²) >= 11 is 6.65. The van der Waals surface area contributed by atoms with E-state index in [4.69, 9.17) is 17.3 Å². The molecule has 0 radical (unpaired) electrons. The van der Waals surface area contributed by atoms with Crippen molar-refractivity contribution >= 4 is 29.3 Å². The Kier molecular flexibility index (Phi) is 3.70. The highest BCUT2D eigenvalue weighted by atomic mass is 35.5. The van der Waals surface area contributed by atoms with Crippen molar-refractivity contribution in [1.29, 1.82) is 0 Å². The number of thioether (sulfide) groups is 1. The first-order chi connectivity index (χ1) is 6.54. The topological polar surface area (TPSA) is 61.0 Å². The third-order valence-corrected chi connectivity index (χ3v) is 2.13. The largest absolute Gasteiger partial charge is 0.429 e. The van der Waals surface area contributed by atoms with E-state index in [1.165, 1.54) is 0 Å². The van der Waals surface area contributed by atoms with Gasteiger partial charge in [0.1, 0.15) is 5.03 Å². The molecule has 0 saturated heterocycles. The molecule has 78 valence electrons. The van der Waals surface area contributed by atoms with Gasteiger partial charge in [-0.15, -0.1) is 11.8 Å². The van der Waals surface area contributed by atoms with Gasteiger partial charge in [-0.05, 0) is 6.26 Å². The Morgan fingerprint density at radius 1 is 1.50 bits per heavy atom. The fraction of sp³-hybridized carbons (Fsp3) is 0.333. The van der Waals surface area contributed by atoms with Crippen LogP contribution in [0.4, 0.5) is 14.7 Å². The zero-order valence-corrected chi connectivity index (χ0v) is 8.57. The van der Waals surface area contributed by atoms with Gasteiger partial charge < -0.3 is 10.5 Å². The van der Waals surface area contributed by atoms with E-state index in [2.05, 4.69) is 14.7 Å². The lowest BCUT2D eigenvalue weighted by molar-refractivity contribution is -0.0522. The second-order valence-corrected chi connectivity index (χ2v) is 3.24. The molecule has 0 spiro atoms. The summed E-state index contributed by atoms with van der Waals surface area (Å²) < 4.78 is 28.0. The lowest BCUT2D eigenvalue weighted by Crippen LogP contribution is -2.07. The average Bonchev–Trinajstić information content (AvgIpc) is 2.08. The Morgan fingerprint density at radius 3 is 2.64 bits per heavy atom. The molecule has 0 bridgehead atoms. The van der Waals surface area contributed by atoms with Crippen molar-refractivity contribution in [2.24, 2.45) is 0 Å². The van der Waals surface area contributed by atoms with Crippen LogP contribution in [0.3, 0.4) is 0 Å². The van der Waals surface area contributed by atoms with Crippen LogP contribution in [0.1, 0.15) is 0 Å². The Labute approximate surface area is 87.8 Å². The molecule has 0 unspecified atom stereocenters. The maximum atomic E-state index is 11.9. The fourth-order valence-corrected chi connectivity index (χ4v) is 1.54. The number of nitrogens with zero attached hydrogens (tertiary/aromatic N) is 2. The van der Waals surface area contributed by atoms with Crippen molar-refractivity contribution in [3.63, 3.8) is 0 Å². The third kappa shape index (κ3) is 2.58. The van der Waals surface area contributed by atoms with Crippen LogP contribution in [0.25, 0.3) is 0 Å². The molecule has 1 aromatic heterocycles. The van der Waals surface area contributed by atoms with Gasteiger partial charge in [-0.1, -0.05) is 11.6 Å². The van der Waals surface area contributed by atoms with Gasteiger partial charge >= 0.3 is 6.61 Å². The molecule has 0 amide bonds. The predicted molar refractivity (Wildman–Crippen MR) is 49.9 cm³/mol. The van der Waals surface area contributed by atoms with E-state index >= 15 is 0 Å². The highest BCUT2D eigenvalue weighted by Crippen LogP contribution is 2.33. The molecule has 2 N–H and O–H groups in total.